The van der Waals surface area contributed by atoms with Gasteiger partial charge >= 0.3 is 0 Å². The minimum Gasteiger partial charge on any atom is -0.494 e. The Kier molecular flexibility index (Phi) is 10.6. The lowest BCUT2D eigenvalue weighted by molar-refractivity contribution is -0.141. The molecule has 5 nitrogen and oxygen atoms in total. The van der Waals surface area contributed by atoms with Crippen LogP contribution in [-0.4, -0.2) is 35.4 Å². The van der Waals surface area contributed by atoms with Crippen LogP contribution in [0.3, 0.4) is 0 Å². The Morgan fingerprint density at radius 1 is 0.861 bits per heavy atom. The molecule has 0 aliphatic heterocycles. The maximum atomic E-state index is 13.5. The standard InChI is InChI=1S/C29H32Cl2N2O3/c1-21(2)32-29(35)27(19-22-7-4-3-5-8-22)33(20-23-10-12-24(30)13-11-23)28(34)9-6-18-36-26-16-14-25(31)15-17-26/h3-5,7-8,10-17,21,27H,6,9,18-20H2,1-2H3,(H,32,35). The van der Waals surface area contributed by atoms with Crippen LogP contribution in [0.4, 0.5) is 0 Å². The van der Waals surface area contributed by atoms with E-state index in [0.717, 1.165) is 11.1 Å². The minimum absolute atomic E-state index is 0.0453. The number of hydrogen-bond acceptors (Lipinski definition) is 3. The van der Waals surface area contributed by atoms with Crippen LogP contribution in [-0.2, 0) is 22.6 Å². The zero-order valence-electron chi connectivity index (χ0n) is 20.6. The van der Waals surface area contributed by atoms with E-state index in [1.165, 1.54) is 0 Å². The molecule has 3 aromatic rings. The molecule has 3 aromatic carbocycles. The molecule has 0 bridgehead atoms. The summed E-state index contributed by atoms with van der Waals surface area (Å²) in [5, 5.41) is 4.26. The summed E-state index contributed by atoms with van der Waals surface area (Å²) in [5.74, 6) is 0.418. The molecule has 0 spiro atoms. The van der Waals surface area contributed by atoms with Crippen molar-refractivity contribution in [2.24, 2.45) is 0 Å². The second-order valence-corrected chi connectivity index (χ2v) is 9.80. The average molecular weight is 527 g/mol. The van der Waals surface area contributed by atoms with Gasteiger partial charge in [0.15, 0.2) is 0 Å². The minimum atomic E-state index is -0.657. The smallest absolute Gasteiger partial charge is 0.243 e. The normalized spacial score (nSPS) is 11.7. The molecule has 0 saturated heterocycles. The van der Waals surface area contributed by atoms with Crippen molar-refractivity contribution in [3.8, 4) is 5.75 Å². The van der Waals surface area contributed by atoms with Gasteiger partial charge < -0.3 is 15.0 Å². The third kappa shape index (κ3) is 8.89. The van der Waals surface area contributed by atoms with E-state index >= 15 is 0 Å². The van der Waals surface area contributed by atoms with Crippen LogP contribution < -0.4 is 10.1 Å². The summed E-state index contributed by atoms with van der Waals surface area (Å²) in [6.45, 7) is 4.51. The third-order valence-electron chi connectivity index (χ3n) is 5.59. The van der Waals surface area contributed by atoms with E-state index in [9.17, 15) is 9.59 Å². The van der Waals surface area contributed by atoms with Gasteiger partial charge in [-0.3, -0.25) is 9.59 Å². The van der Waals surface area contributed by atoms with Crippen LogP contribution in [0.15, 0.2) is 78.9 Å². The molecule has 7 heteroatoms. The van der Waals surface area contributed by atoms with Crippen LogP contribution in [0.5, 0.6) is 5.75 Å². The molecular weight excluding hydrogens is 495 g/mol. The van der Waals surface area contributed by atoms with E-state index in [4.69, 9.17) is 27.9 Å². The highest BCUT2D eigenvalue weighted by atomic mass is 35.5. The van der Waals surface area contributed by atoms with Crippen molar-refractivity contribution in [2.75, 3.05) is 6.61 Å². The van der Waals surface area contributed by atoms with E-state index in [1.807, 2.05) is 56.3 Å². The van der Waals surface area contributed by atoms with Gasteiger partial charge in [-0.2, -0.15) is 0 Å². The van der Waals surface area contributed by atoms with Gasteiger partial charge in [0.05, 0.1) is 6.61 Å². The van der Waals surface area contributed by atoms with Crippen molar-refractivity contribution in [1.82, 2.24) is 10.2 Å². The van der Waals surface area contributed by atoms with Crippen molar-refractivity contribution in [3.63, 3.8) is 0 Å². The Morgan fingerprint density at radius 3 is 2.08 bits per heavy atom. The van der Waals surface area contributed by atoms with Crippen molar-refractivity contribution in [3.05, 3.63) is 100 Å². The molecule has 0 saturated carbocycles. The number of nitrogens with one attached hydrogen (secondary N) is 1. The van der Waals surface area contributed by atoms with Crippen LogP contribution in [0.25, 0.3) is 0 Å². The quantitative estimate of drug-likeness (QED) is 0.281. The van der Waals surface area contributed by atoms with Gasteiger partial charge in [-0.15, -0.1) is 0 Å². The van der Waals surface area contributed by atoms with Gasteiger partial charge in [0, 0.05) is 35.5 Å². The number of amides is 2. The molecule has 0 fully saturated rings. The topological polar surface area (TPSA) is 58.6 Å². The number of rotatable bonds is 12. The second kappa shape index (κ2) is 13.9. The zero-order valence-corrected chi connectivity index (χ0v) is 22.1. The number of hydrogen-bond donors (Lipinski definition) is 1. The van der Waals surface area contributed by atoms with E-state index in [2.05, 4.69) is 5.32 Å². The zero-order chi connectivity index (χ0) is 25.9. The fraction of sp³-hybridized carbons (Fsp3) is 0.310. The van der Waals surface area contributed by atoms with Gasteiger partial charge in [0.25, 0.3) is 0 Å². The molecule has 0 radical (unpaired) electrons. The molecule has 1 atom stereocenters. The number of carbonyl (C=O) groups excluding carboxylic acids is 2. The SMILES string of the molecule is CC(C)NC(=O)C(Cc1ccccc1)N(Cc1ccc(Cl)cc1)C(=O)CCCOc1ccc(Cl)cc1. The largest absolute Gasteiger partial charge is 0.494 e. The molecule has 2 amide bonds. The molecule has 0 aromatic heterocycles. The predicted molar refractivity (Wildman–Crippen MR) is 145 cm³/mol. The number of benzene rings is 3. The van der Waals surface area contributed by atoms with Crippen LogP contribution in [0.1, 0.15) is 37.8 Å². The van der Waals surface area contributed by atoms with Crippen LogP contribution >= 0.6 is 23.2 Å². The monoisotopic (exact) mass is 526 g/mol. The van der Waals surface area contributed by atoms with Gasteiger partial charge in [-0.25, -0.2) is 0 Å². The van der Waals surface area contributed by atoms with Crippen LogP contribution in [0, 0.1) is 0 Å². The highest BCUT2D eigenvalue weighted by Crippen LogP contribution is 2.19. The molecule has 190 valence electrons. The highest BCUT2D eigenvalue weighted by Gasteiger charge is 2.30. The molecular formula is C29H32Cl2N2O3. The Hall–Kier alpha value is -3.02. The van der Waals surface area contributed by atoms with Crippen molar-refractivity contribution in [2.45, 2.75) is 51.7 Å². The summed E-state index contributed by atoms with van der Waals surface area (Å²) in [5.41, 5.74) is 1.89. The first kappa shape index (κ1) is 27.6. The summed E-state index contributed by atoms with van der Waals surface area (Å²) in [6, 6.07) is 23.5. The fourth-order valence-corrected chi connectivity index (χ4v) is 4.06. The molecule has 36 heavy (non-hydrogen) atoms. The predicted octanol–water partition coefficient (Wildman–Crippen LogP) is 6.32. The fourth-order valence-electron chi connectivity index (χ4n) is 3.81. The molecule has 0 heterocycles. The number of nitrogens with zero attached hydrogens (tertiary/aromatic N) is 1. The van der Waals surface area contributed by atoms with E-state index in [0.29, 0.717) is 41.8 Å². The first-order valence-corrected chi connectivity index (χ1v) is 12.8. The van der Waals surface area contributed by atoms with Crippen molar-refractivity contribution in [1.29, 1.82) is 0 Å². The number of halogens is 2. The summed E-state index contributed by atoms with van der Waals surface area (Å²) in [7, 11) is 0. The lowest BCUT2D eigenvalue weighted by Crippen LogP contribution is -2.51. The van der Waals surface area contributed by atoms with Crippen molar-refractivity contribution < 1.29 is 14.3 Å². The van der Waals surface area contributed by atoms with Gasteiger partial charge in [-0.05, 0) is 67.8 Å². The average Bonchev–Trinajstić information content (AvgIpc) is 2.86. The molecule has 3 rings (SSSR count). The Morgan fingerprint density at radius 2 is 1.47 bits per heavy atom. The summed E-state index contributed by atoms with van der Waals surface area (Å²) < 4.78 is 5.76. The molecule has 0 aliphatic rings. The Balaban J connectivity index is 1.77. The first-order valence-electron chi connectivity index (χ1n) is 12.1. The maximum Gasteiger partial charge on any atom is 0.243 e. The maximum absolute atomic E-state index is 13.5. The highest BCUT2D eigenvalue weighted by molar-refractivity contribution is 6.30. The van der Waals surface area contributed by atoms with E-state index < -0.39 is 6.04 Å². The van der Waals surface area contributed by atoms with E-state index in [-0.39, 0.29) is 24.3 Å². The molecule has 1 unspecified atom stereocenters. The first-order chi connectivity index (χ1) is 17.3. The lowest BCUT2D eigenvalue weighted by atomic mass is 10.0. The second-order valence-electron chi connectivity index (χ2n) is 8.92. The lowest BCUT2D eigenvalue weighted by Gasteiger charge is -2.32. The Bertz CT molecular complexity index is 1100. The summed E-state index contributed by atoms with van der Waals surface area (Å²) >= 11 is 12.0. The molecule has 0 aliphatic carbocycles. The van der Waals surface area contributed by atoms with Gasteiger partial charge in [0.1, 0.15) is 11.8 Å². The number of ether oxygens (including phenoxy) is 1. The van der Waals surface area contributed by atoms with E-state index in [1.54, 1.807) is 41.3 Å². The third-order valence-corrected chi connectivity index (χ3v) is 6.09. The molecule has 1 N–H and O–H groups in total. The summed E-state index contributed by atoms with van der Waals surface area (Å²) in [4.78, 5) is 28.5. The Labute approximate surface area is 223 Å². The van der Waals surface area contributed by atoms with Gasteiger partial charge in [0.2, 0.25) is 11.8 Å². The number of carbonyl (C=O) groups is 2. The van der Waals surface area contributed by atoms with Crippen molar-refractivity contribution >= 4 is 35.0 Å². The van der Waals surface area contributed by atoms with Crippen LogP contribution in [0.2, 0.25) is 10.0 Å². The summed E-state index contributed by atoms with van der Waals surface area (Å²) in [6.07, 6.45) is 1.18. The van der Waals surface area contributed by atoms with Gasteiger partial charge in [-0.1, -0.05) is 65.7 Å².